The first-order valence-corrected chi connectivity index (χ1v) is 9.11. The second-order valence-corrected chi connectivity index (χ2v) is 7.49. The molecule has 0 unspecified atom stereocenters. The molecule has 0 aliphatic carbocycles. The van der Waals surface area contributed by atoms with Crippen LogP contribution in [0.15, 0.2) is 39.3 Å². The second-order valence-electron chi connectivity index (χ2n) is 4.84. The van der Waals surface area contributed by atoms with Crippen molar-refractivity contribution in [3.05, 3.63) is 46.4 Å². The summed E-state index contributed by atoms with van der Waals surface area (Å²) in [5.74, 6) is 0.270. The standard InChI is InChI=1S/C14H14N4O3S2/c1-9-14(10(2)21-18-9)23(19,20)16-7-13-17-12(8-22-13)11-3-5-15-6-4-11/h3-6,8,16H,7H2,1-2H3. The molecular formula is C14H14N4O3S2. The summed E-state index contributed by atoms with van der Waals surface area (Å²) in [6.07, 6.45) is 3.38. The minimum atomic E-state index is -3.68. The van der Waals surface area contributed by atoms with Crippen LogP contribution in [-0.4, -0.2) is 23.5 Å². The average Bonchev–Trinajstić information content (AvgIpc) is 3.13. The van der Waals surface area contributed by atoms with E-state index in [1.807, 2.05) is 17.5 Å². The number of rotatable bonds is 5. The molecule has 1 N–H and O–H groups in total. The molecule has 0 radical (unpaired) electrons. The topological polar surface area (TPSA) is 98.0 Å². The van der Waals surface area contributed by atoms with E-state index < -0.39 is 10.0 Å². The van der Waals surface area contributed by atoms with Crippen molar-refractivity contribution in [1.29, 1.82) is 0 Å². The largest absolute Gasteiger partial charge is 0.360 e. The van der Waals surface area contributed by atoms with E-state index >= 15 is 0 Å². The van der Waals surface area contributed by atoms with Gasteiger partial charge in [-0.1, -0.05) is 5.16 Å². The Morgan fingerprint density at radius 2 is 2.00 bits per heavy atom. The van der Waals surface area contributed by atoms with Crippen LogP contribution < -0.4 is 4.72 Å². The molecule has 3 heterocycles. The molecule has 0 aliphatic rings. The predicted octanol–water partition coefficient (Wildman–Crippen LogP) is 2.29. The van der Waals surface area contributed by atoms with Gasteiger partial charge in [-0.15, -0.1) is 11.3 Å². The molecule has 0 saturated heterocycles. The minimum absolute atomic E-state index is 0.0865. The van der Waals surface area contributed by atoms with E-state index in [0.29, 0.717) is 10.7 Å². The number of aromatic nitrogens is 3. The van der Waals surface area contributed by atoms with Crippen molar-refractivity contribution in [3.63, 3.8) is 0 Å². The van der Waals surface area contributed by atoms with Crippen molar-refractivity contribution in [2.45, 2.75) is 25.3 Å². The molecule has 0 saturated carbocycles. The number of hydrogen-bond donors (Lipinski definition) is 1. The van der Waals surface area contributed by atoms with Crippen LogP contribution in [0.3, 0.4) is 0 Å². The molecule has 3 rings (SSSR count). The summed E-state index contributed by atoms with van der Waals surface area (Å²) in [4.78, 5) is 8.48. The Morgan fingerprint density at radius 3 is 2.65 bits per heavy atom. The number of hydrogen-bond acceptors (Lipinski definition) is 7. The third kappa shape index (κ3) is 3.31. The Morgan fingerprint density at radius 1 is 1.26 bits per heavy atom. The van der Waals surface area contributed by atoms with Crippen LogP contribution in [0.2, 0.25) is 0 Å². The normalized spacial score (nSPS) is 11.7. The lowest BCUT2D eigenvalue weighted by molar-refractivity contribution is 0.390. The van der Waals surface area contributed by atoms with Crippen molar-refractivity contribution in [2.75, 3.05) is 0 Å². The fraction of sp³-hybridized carbons (Fsp3) is 0.214. The maximum Gasteiger partial charge on any atom is 0.246 e. The maximum absolute atomic E-state index is 12.3. The molecule has 0 atom stereocenters. The van der Waals surface area contributed by atoms with Crippen molar-refractivity contribution in [1.82, 2.24) is 19.8 Å². The Bertz CT molecular complexity index is 897. The number of thiazole rings is 1. The number of aryl methyl sites for hydroxylation is 2. The van der Waals surface area contributed by atoms with Crippen molar-refractivity contribution in [2.24, 2.45) is 0 Å². The van der Waals surface area contributed by atoms with Gasteiger partial charge in [0.15, 0.2) is 5.76 Å². The first kappa shape index (κ1) is 15.8. The van der Waals surface area contributed by atoms with Gasteiger partial charge in [-0.2, -0.15) is 0 Å². The Kier molecular flexibility index (Phi) is 4.24. The third-order valence-corrected chi connectivity index (χ3v) is 5.67. The zero-order valence-corrected chi connectivity index (χ0v) is 14.1. The Balaban J connectivity index is 1.75. The highest BCUT2D eigenvalue weighted by Gasteiger charge is 2.24. The van der Waals surface area contributed by atoms with Gasteiger partial charge in [0.05, 0.1) is 12.2 Å². The van der Waals surface area contributed by atoms with Gasteiger partial charge in [-0.05, 0) is 26.0 Å². The molecule has 3 aromatic rings. The van der Waals surface area contributed by atoms with Gasteiger partial charge in [0.2, 0.25) is 10.0 Å². The molecular weight excluding hydrogens is 336 g/mol. The molecule has 0 aromatic carbocycles. The van der Waals surface area contributed by atoms with E-state index in [-0.39, 0.29) is 17.2 Å². The van der Waals surface area contributed by atoms with Crippen molar-refractivity contribution >= 4 is 21.4 Å². The lowest BCUT2D eigenvalue weighted by atomic mass is 10.2. The van der Waals surface area contributed by atoms with Gasteiger partial charge in [0.25, 0.3) is 0 Å². The van der Waals surface area contributed by atoms with Crippen LogP contribution in [0.1, 0.15) is 16.5 Å². The monoisotopic (exact) mass is 350 g/mol. The summed E-state index contributed by atoms with van der Waals surface area (Å²) in [6, 6.07) is 3.71. The molecule has 120 valence electrons. The van der Waals surface area contributed by atoms with Crippen LogP contribution in [0.25, 0.3) is 11.3 Å². The van der Waals surface area contributed by atoms with Gasteiger partial charge in [0.1, 0.15) is 15.6 Å². The van der Waals surface area contributed by atoms with Crippen LogP contribution >= 0.6 is 11.3 Å². The number of sulfonamides is 1. The molecule has 23 heavy (non-hydrogen) atoms. The number of pyridine rings is 1. The van der Waals surface area contributed by atoms with Gasteiger partial charge >= 0.3 is 0 Å². The SMILES string of the molecule is Cc1noc(C)c1S(=O)(=O)NCc1nc(-c2ccncc2)cs1. The first-order chi connectivity index (χ1) is 11.0. The van der Waals surface area contributed by atoms with Gasteiger partial charge in [-0.25, -0.2) is 18.1 Å². The van der Waals surface area contributed by atoms with E-state index in [1.165, 1.54) is 11.3 Å². The lowest BCUT2D eigenvalue weighted by Crippen LogP contribution is -2.24. The summed E-state index contributed by atoms with van der Waals surface area (Å²) in [5, 5.41) is 6.23. The summed E-state index contributed by atoms with van der Waals surface area (Å²) in [7, 11) is -3.68. The van der Waals surface area contributed by atoms with E-state index in [9.17, 15) is 8.42 Å². The van der Waals surface area contributed by atoms with Gasteiger partial charge in [0, 0.05) is 23.3 Å². The van der Waals surface area contributed by atoms with Crippen LogP contribution in [0, 0.1) is 13.8 Å². The van der Waals surface area contributed by atoms with Crippen LogP contribution in [-0.2, 0) is 16.6 Å². The van der Waals surface area contributed by atoms with E-state index in [0.717, 1.165) is 11.3 Å². The van der Waals surface area contributed by atoms with E-state index in [4.69, 9.17) is 4.52 Å². The zero-order chi connectivity index (χ0) is 16.4. The van der Waals surface area contributed by atoms with Gasteiger partial charge < -0.3 is 4.52 Å². The van der Waals surface area contributed by atoms with E-state index in [1.54, 1.807) is 26.2 Å². The number of nitrogens with zero attached hydrogens (tertiary/aromatic N) is 3. The average molecular weight is 350 g/mol. The first-order valence-electron chi connectivity index (χ1n) is 6.75. The maximum atomic E-state index is 12.3. The Hall–Kier alpha value is -2.10. The van der Waals surface area contributed by atoms with E-state index in [2.05, 4.69) is 19.8 Å². The zero-order valence-electron chi connectivity index (χ0n) is 12.5. The van der Waals surface area contributed by atoms with Crippen molar-refractivity contribution in [3.8, 4) is 11.3 Å². The summed E-state index contributed by atoms with van der Waals surface area (Å²) in [5.41, 5.74) is 2.08. The number of nitrogens with one attached hydrogen (secondary N) is 1. The summed E-state index contributed by atoms with van der Waals surface area (Å²) < 4.78 is 32.1. The third-order valence-electron chi connectivity index (χ3n) is 3.18. The highest BCUT2D eigenvalue weighted by molar-refractivity contribution is 7.89. The van der Waals surface area contributed by atoms with Gasteiger partial charge in [-0.3, -0.25) is 4.98 Å². The highest BCUT2D eigenvalue weighted by Crippen LogP contribution is 2.22. The molecule has 0 amide bonds. The fourth-order valence-electron chi connectivity index (χ4n) is 2.13. The summed E-state index contributed by atoms with van der Waals surface area (Å²) in [6.45, 7) is 3.28. The molecule has 9 heteroatoms. The molecule has 0 fully saturated rings. The molecule has 0 aliphatic heterocycles. The fourth-order valence-corrected chi connectivity index (χ4v) is 4.28. The molecule has 0 spiro atoms. The highest BCUT2D eigenvalue weighted by atomic mass is 32.2. The minimum Gasteiger partial charge on any atom is -0.360 e. The van der Waals surface area contributed by atoms with Crippen LogP contribution in [0.4, 0.5) is 0 Å². The lowest BCUT2D eigenvalue weighted by Gasteiger charge is -2.04. The predicted molar refractivity (Wildman–Crippen MR) is 85.3 cm³/mol. The second kappa shape index (κ2) is 6.19. The summed E-state index contributed by atoms with van der Waals surface area (Å²) >= 11 is 1.39. The smallest absolute Gasteiger partial charge is 0.246 e. The molecule has 7 nitrogen and oxygen atoms in total. The van der Waals surface area contributed by atoms with Crippen molar-refractivity contribution < 1.29 is 12.9 Å². The molecule has 0 bridgehead atoms. The quantitative estimate of drug-likeness (QED) is 0.758. The Labute approximate surface area is 137 Å². The van der Waals surface area contributed by atoms with Crippen LogP contribution in [0.5, 0.6) is 0 Å². The molecule has 3 aromatic heterocycles.